The van der Waals surface area contributed by atoms with Gasteiger partial charge in [-0.3, -0.25) is 19.3 Å². The highest BCUT2D eigenvalue weighted by atomic mass is 32.2. The van der Waals surface area contributed by atoms with Crippen molar-refractivity contribution in [2.24, 2.45) is 0 Å². The number of nitro benzene ring substituents is 1. The fourth-order valence-corrected chi connectivity index (χ4v) is 4.39. The summed E-state index contributed by atoms with van der Waals surface area (Å²) in [6.45, 7) is 1.51. The predicted octanol–water partition coefficient (Wildman–Crippen LogP) is 1.61. The molecule has 11 heteroatoms. The van der Waals surface area contributed by atoms with E-state index in [1.54, 1.807) is 47.5 Å². The summed E-state index contributed by atoms with van der Waals surface area (Å²) in [6.07, 6.45) is 2.61. The number of benzene rings is 1. The molecule has 1 saturated heterocycles. The van der Waals surface area contributed by atoms with Gasteiger partial charge >= 0.3 is 0 Å². The molecular weight excluding hydrogens is 410 g/mol. The lowest BCUT2D eigenvalue weighted by atomic mass is 10.2. The van der Waals surface area contributed by atoms with Crippen LogP contribution < -0.4 is 4.90 Å². The Morgan fingerprint density at radius 1 is 1.07 bits per heavy atom. The minimum atomic E-state index is -3.62. The topological polar surface area (TPSA) is 118 Å². The number of carbonyl (C=O) groups is 1. The Morgan fingerprint density at radius 2 is 1.73 bits per heavy atom. The van der Waals surface area contributed by atoms with E-state index in [4.69, 9.17) is 0 Å². The third-order valence-corrected chi connectivity index (χ3v) is 5.99. The van der Waals surface area contributed by atoms with Crippen LogP contribution in [0, 0.1) is 10.1 Å². The third-order valence-electron chi connectivity index (χ3n) is 5.04. The molecule has 1 amide bonds. The number of rotatable bonds is 4. The van der Waals surface area contributed by atoms with E-state index in [1.807, 2.05) is 4.90 Å². The van der Waals surface area contributed by atoms with E-state index in [0.717, 1.165) is 6.26 Å². The molecule has 3 aromatic rings. The molecule has 1 fully saturated rings. The summed E-state index contributed by atoms with van der Waals surface area (Å²) in [6, 6.07) is 11.5. The van der Waals surface area contributed by atoms with Gasteiger partial charge in [0.05, 0.1) is 10.4 Å². The second kappa shape index (κ2) is 7.41. The third kappa shape index (κ3) is 3.47. The number of fused-ring (bicyclic) bond motifs is 1. The number of pyridine rings is 1. The summed E-state index contributed by atoms with van der Waals surface area (Å²) in [5, 5.41) is 11.1. The molecule has 0 saturated carbocycles. The highest BCUT2D eigenvalue weighted by molar-refractivity contribution is 7.90. The van der Waals surface area contributed by atoms with Crippen molar-refractivity contribution in [2.75, 3.05) is 37.3 Å². The van der Waals surface area contributed by atoms with Crippen LogP contribution in [0.4, 0.5) is 11.4 Å². The number of sulfone groups is 1. The van der Waals surface area contributed by atoms with Crippen molar-refractivity contribution in [3.8, 4) is 0 Å². The number of imidazole rings is 1. The fourth-order valence-electron chi connectivity index (χ4n) is 3.61. The summed E-state index contributed by atoms with van der Waals surface area (Å²) in [5.41, 5.74) is 1.04. The molecule has 10 nitrogen and oxygen atoms in total. The van der Waals surface area contributed by atoms with Gasteiger partial charge in [-0.1, -0.05) is 18.2 Å². The summed E-state index contributed by atoms with van der Waals surface area (Å²) in [7, 11) is -3.62. The fraction of sp³-hybridized carbons (Fsp3) is 0.263. The molecule has 1 aromatic carbocycles. The first-order chi connectivity index (χ1) is 14.3. The molecular formula is C19H19N5O5S. The van der Waals surface area contributed by atoms with Crippen LogP contribution >= 0.6 is 0 Å². The second-order valence-corrected chi connectivity index (χ2v) is 8.91. The molecule has 0 spiro atoms. The lowest BCUT2D eigenvalue weighted by Crippen LogP contribution is -2.49. The zero-order valence-corrected chi connectivity index (χ0v) is 16.9. The molecule has 0 bridgehead atoms. The van der Waals surface area contributed by atoms with Crippen LogP contribution in [0.1, 0.15) is 10.5 Å². The summed E-state index contributed by atoms with van der Waals surface area (Å²) >= 11 is 0. The Bertz CT molecular complexity index is 1250. The van der Waals surface area contributed by atoms with Gasteiger partial charge in [-0.15, -0.1) is 0 Å². The standard InChI is InChI=1S/C19H19N5O5S/c1-30(28,29)19-20-17(16-8-4-5-9-23(16)19)18(25)22-12-10-21(11-13-22)14-6-2-3-7-15(14)24(26)27/h2-9H,10-13H2,1H3. The molecule has 0 atom stereocenters. The number of aromatic nitrogens is 2. The lowest BCUT2D eigenvalue weighted by molar-refractivity contribution is -0.384. The van der Waals surface area contributed by atoms with Crippen LogP contribution in [0.3, 0.4) is 0 Å². The molecule has 0 radical (unpaired) electrons. The van der Waals surface area contributed by atoms with Gasteiger partial charge in [-0.25, -0.2) is 13.4 Å². The number of piperazine rings is 1. The van der Waals surface area contributed by atoms with Crippen LogP contribution in [-0.4, -0.2) is 66.0 Å². The van der Waals surface area contributed by atoms with Crippen LogP contribution in [0.5, 0.6) is 0 Å². The van der Waals surface area contributed by atoms with Crippen molar-refractivity contribution in [1.29, 1.82) is 0 Å². The van der Waals surface area contributed by atoms with Crippen LogP contribution in [-0.2, 0) is 9.84 Å². The lowest BCUT2D eigenvalue weighted by Gasteiger charge is -2.35. The maximum Gasteiger partial charge on any atom is 0.292 e. The number of para-hydroxylation sites is 2. The molecule has 0 aliphatic carbocycles. The summed E-state index contributed by atoms with van der Waals surface area (Å²) in [5.74, 6) is -0.365. The number of carbonyl (C=O) groups excluding carboxylic acids is 1. The van der Waals surface area contributed by atoms with E-state index in [1.165, 1.54) is 10.5 Å². The molecule has 30 heavy (non-hydrogen) atoms. The van der Waals surface area contributed by atoms with Crippen molar-refractivity contribution in [3.63, 3.8) is 0 Å². The van der Waals surface area contributed by atoms with E-state index in [0.29, 0.717) is 37.4 Å². The first-order valence-corrected chi connectivity index (χ1v) is 11.1. The van der Waals surface area contributed by atoms with Crippen LogP contribution in [0.2, 0.25) is 0 Å². The maximum absolute atomic E-state index is 13.1. The number of amides is 1. The van der Waals surface area contributed by atoms with E-state index < -0.39 is 14.8 Å². The van der Waals surface area contributed by atoms with E-state index in [2.05, 4.69) is 4.98 Å². The van der Waals surface area contributed by atoms with Crippen molar-refractivity contribution in [1.82, 2.24) is 14.3 Å². The average Bonchev–Trinajstić information content (AvgIpc) is 3.13. The minimum absolute atomic E-state index is 0.0233. The maximum atomic E-state index is 13.1. The summed E-state index contributed by atoms with van der Waals surface area (Å²) in [4.78, 5) is 31.6. The number of nitro groups is 1. The van der Waals surface area contributed by atoms with Gasteiger partial charge in [0.2, 0.25) is 15.0 Å². The minimum Gasteiger partial charge on any atom is -0.362 e. The van der Waals surface area contributed by atoms with Gasteiger partial charge in [-0.05, 0) is 18.2 Å². The number of nitrogens with zero attached hydrogens (tertiary/aromatic N) is 5. The molecule has 1 aliphatic rings. The Balaban J connectivity index is 1.58. The van der Waals surface area contributed by atoms with E-state index in [9.17, 15) is 23.3 Å². The monoisotopic (exact) mass is 429 g/mol. The van der Waals surface area contributed by atoms with Gasteiger partial charge in [0.25, 0.3) is 11.6 Å². The zero-order chi connectivity index (χ0) is 21.5. The van der Waals surface area contributed by atoms with Crippen molar-refractivity contribution < 1.29 is 18.1 Å². The van der Waals surface area contributed by atoms with Crippen molar-refractivity contribution in [2.45, 2.75) is 5.16 Å². The predicted molar refractivity (Wildman–Crippen MR) is 110 cm³/mol. The number of anilines is 1. The Morgan fingerprint density at radius 3 is 2.40 bits per heavy atom. The van der Waals surface area contributed by atoms with Crippen LogP contribution in [0.25, 0.3) is 5.52 Å². The average molecular weight is 429 g/mol. The molecule has 0 N–H and O–H groups in total. The van der Waals surface area contributed by atoms with Gasteiger partial charge in [-0.2, -0.15) is 0 Å². The molecule has 3 heterocycles. The Labute approximate surface area is 172 Å². The van der Waals surface area contributed by atoms with Gasteiger partial charge in [0, 0.05) is 44.7 Å². The summed E-state index contributed by atoms with van der Waals surface area (Å²) < 4.78 is 25.5. The highest BCUT2D eigenvalue weighted by Gasteiger charge is 2.29. The molecule has 4 rings (SSSR count). The molecule has 2 aromatic heterocycles. The van der Waals surface area contributed by atoms with E-state index >= 15 is 0 Å². The smallest absolute Gasteiger partial charge is 0.292 e. The van der Waals surface area contributed by atoms with E-state index in [-0.39, 0.29) is 22.4 Å². The van der Waals surface area contributed by atoms with Crippen LogP contribution in [0.15, 0.2) is 53.8 Å². The first-order valence-electron chi connectivity index (χ1n) is 9.22. The van der Waals surface area contributed by atoms with Gasteiger partial charge in [0.15, 0.2) is 5.69 Å². The van der Waals surface area contributed by atoms with Gasteiger partial charge < -0.3 is 9.80 Å². The molecule has 0 unspecified atom stereocenters. The molecule has 1 aliphatic heterocycles. The Kier molecular flexibility index (Phi) is 4.90. The molecule has 156 valence electrons. The number of hydrogen-bond acceptors (Lipinski definition) is 7. The van der Waals surface area contributed by atoms with Crippen molar-refractivity contribution >= 4 is 32.6 Å². The van der Waals surface area contributed by atoms with Gasteiger partial charge in [0.1, 0.15) is 5.69 Å². The van der Waals surface area contributed by atoms with Crippen molar-refractivity contribution in [3.05, 3.63) is 64.5 Å². The Hall–Kier alpha value is -3.47. The number of hydrogen-bond donors (Lipinski definition) is 0. The normalized spacial score (nSPS) is 14.8. The SMILES string of the molecule is CS(=O)(=O)c1nc(C(=O)N2CCN(c3ccccc3[N+](=O)[O-])CC2)c2ccccn12. The first kappa shape index (κ1) is 19.8. The largest absolute Gasteiger partial charge is 0.362 e. The highest BCUT2D eigenvalue weighted by Crippen LogP contribution is 2.28. The second-order valence-electron chi connectivity index (χ2n) is 7.00. The quantitative estimate of drug-likeness (QED) is 0.457. The zero-order valence-electron chi connectivity index (χ0n) is 16.1.